The van der Waals surface area contributed by atoms with E-state index >= 15 is 0 Å². The second-order valence-corrected chi connectivity index (χ2v) is 8.23. The molecule has 0 aromatic heterocycles. The van der Waals surface area contributed by atoms with E-state index in [4.69, 9.17) is 22.1 Å². The van der Waals surface area contributed by atoms with Crippen molar-refractivity contribution in [3.63, 3.8) is 0 Å². The molecule has 25 heavy (non-hydrogen) atoms. The van der Waals surface area contributed by atoms with Crippen molar-refractivity contribution in [2.45, 2.75) is 70.1 Å². The highest BCUT2D eigenvalue weighted by Gasteiger charge is 2.38. The van der Waals surface area contributed by atoms with Gasteiger partial charge in [-0.15, -0.1) is 0 Å². The topological polar surface area (TPSA) is 50.5 Å². The van der Waals surface area contributed by atoms with Gasteiger partial charge >= 0.3 is 0 Å². The molecule has 4 nitrogen and oxygen atoms in total. The molecule has 0 radical (unpaired) electrons. The highest BCUT2D eigenvalue weighted by molar-refractivity contribution is 6.31. The summed E-state index contributed by atoms with van der Waals surface area (Å²) in [5.74, 6) is 0. The Bertz CT molecular complexity index is 564. The second-order valence-electron chi connectivity index (χ2n) is 7.79. The van der Waals surface area contributed by atoms with Crippen molar-refractivity contribution in [2.75, 3.05) is 30.7 Å². The molecule has 0 amide bonds. The monoisotopic (exact) mass is 365 g/mol. The average molecular weight is 366 g/mol. The quantitative estimate of drug-likeness (QED) is 0.752. The summed E-state index contributed by atoms with van der Waals surface area (Å²) in [7, 11) is 0. The molecule has 1 aromatic rings. The maximum atomic E-state index is 6.07. The smallest absolute Gasteiger partial charge is 0.0577 e. The number of likely N-dealkylation sites (tertiary alicyclic amines) is 1. The summed E-state index contributed by atoms with van der Waals surface area (Å²) in [6, 6.07) is 6.19. The van der Waals surface area contributed by atoms with Crippen LogP contribution in [0.2, 0.25) is 5.02 Å². The number of halogens is 1. The zero-order chi connectivity index (χ0) is 17.9. The van der Waals surface area contributed by atoms with Gasteiger partial charge < -0.3 is 15.8 Å². The van der Waals surface area contributed by atoms with Gasteiger partial charge in [0, 0.05) is 36.3 Å². The summed E-state index contributed by atoms with van der Waals surface area (Å²) in [5.41, 5.74) is 8.16. The van der Waals surface area contributed by atoms with E-state index in [1.165, 1.54) is 25.7 Å². The van der Waals surface area contributed by atoms with Crippen molar-refractivity contribution in [3.8, 4) is 0 Å². The van der Waals surface area contributed by atoms with Crippen LogP contribution in [0.4, 0.5) is 11.4 Å². The van der Waals surface area contributed by atoms with Crippen molar-refractivity contribution in [3.05, 3.63) is 23.2 Å². The van der Waals surface area contributed by atoms with E-state index in [1.807, 2.05) is 18.2 Å². The first kappa shape index (κ1) is 18.8. The summed E-state index contributed by atoms with van der Waals surface area (Å²) in [4.78, 5) is 2.71. The Kier molecular flexibility index (Phi) is 6.13. The van der Waals surface area contributed by atoms with Crippen molar-refractivity contribution in [2.24, 2.45) is 0 Å². The van der Waals surface area contributed by atoms with Gasteiger partial charge in [0.25, 0.3) is 0 Å². The standard InChI is InChI=1S/C20H32ClN3O/c1-3-25-17-6-10-20(2,11-7-17)24-12-8-16(9-13-24)23-19-5-4-15(21)14-18(19)22/h4-5,14,16-17,23H,3,6-13,22H2,1-2H3/t17-,20-. The van der Waals surface area contributed by atoms with Gasteiger partial charge in [-0.25, -0.2) is 0 Å². The van der Waals surface area contributed by atoms with Crippen molar-refractivity contribution in [1.82, 2.24) is 4.90 Å². The van der Waals surface area contributed by atoms with Gasteiger partial charge in [0.1, 0.15) is 0 Å². The molecule has 1 saturated heterocycles. The zero-order valence-electron chi connectivity index (χ0n) is 15.6. The molecule has 0 atom stereocenters. The minimum atomic E-state index is 0.345. The predicted octanol–water partition coefficient (Wildman–Crippen LogP) is 4.54. The number of nitrogens with zero attached hydrogens (tertiary/aromatic N) is 1. The minimum Gasteiger partial charge on any atom is -0.397 e. The number of benzene rings is 1. The molecule has 140 valence electrons. The van der Waals surface area contributed by atoms with Crippen LogP contribution in [0, 0.1) is 0 Å². The third-order valence-corrected chi connectivity index (χ3v) is 6.28. The summed E-state index contributed by atoms with van der Waals surface area (Å²) in [6.45, 7) is 7.69. The van der Waals surface area contributed by atoms with Gasteiger partial charge in [0.2, 0.25) is 0 Å². The fraction of sp³-hybridized carbons (Fsp3) is 0.700. The van der Waals surface area contributed by atoms with E-state index < -0.39 is 0 Å². The number of anilines is 2. The summed E-state index contributed by atoms with van der Waals surface area (Å²) in [5, 5.41) is 4.29. The van der Waals surface area contributed by atoms with E-state index in [0.717, 1.165) is 43.9 Å². The molecule has 5 heteroatoms. The number of hydrogen-bond acceptors (Lipinski definition) is 4. The van der Waals surface area contributed by atoms with Crippen LogP contribution in [0.15, 0.2) is 18.2 Å². The maximum Gasteiger partial charge on any atom is 0.0577 e. The Balaban J connectivity index is 1.50. The Hall–Kier alpha value is -0.970. The molecule has 1 aromatic carbocycles. The lowest BCUT2D eigenvalue weighted by atomic mass is 9.79. The van der Waals surface area contributed by atoms with Crippen LogP contribution in [0.25, 0.3) is 0 Å². The van der Waals surface area contributed by atoms with Crippen LogP contribution in [0.5, 0.6) is 0 Å². The highest BCUT2D eigenvalue weighted by Crippen LogP contribution is 2.36. The first-order valence-electron chi connectivity index (χ1n) is 9.68. The van der Waals surface area contributed by atoms with Crippen molar-refractivity contribution in [1.29, 1.82) is 0 Å². The Morgan fingerprint density at radius 1 is 1.24 bits per heavy atom. The van der Waals surface area contributed by atoms with Crippen LogP contribution in [-0.2, 0) is 4.74 Å². The lowest BCUT2D eigenvalue weighted by Gasteiger charge is -2.48. The van der Waals surface area contributed by atoms with E-state index in [2.05, 4.69) is 24.1 Å². The lowest BCUT2D eigenvalue weighted by molar-refractivity contribution is -0.0242. The fourth-order valence-corrected chi connectivity index (χ4v) is 4.56. The van der Waals surface area contributed by atoms with Gasteiger partial charge in [0.05, 0.1) is 17.5 Å². The van der Waals surface area contributed by atoms with E-state index in [1.54, 1.807) is 0 Å². The molecule has 1 aliphatic carbocycles. The molecule has 1 heterocycles. The van der Waals surface area contributed by atoms with Gasteiger partial charge in [-0.1, -0.05) is 11.6 Å². The van der Waals surface area contributed by atoms with Crippen LogP contribution in [0.1, 0.15) is 52.4 Å². The molecule has 3 rings (SSSR count). The minimum absolute atomic E-state index is 0.345. The average Bonchev–Trinajstić information content (AvgIpc) is 2.60. The van der Waals surface area contributed by atoms with Crippen molar-refractivity contribution >= 4 is 23.0 Å². The lowest BCUT2D eigenvalue weighted by Crippen LogP contribution is -2.53. The number of nitrogen functional groups attached to an aromatic ring is 1. The van der Waals surface area contributed by atoms with Gasteiger partial charge in [-0.2, -0.15) is 0 Å². The first-order chi connectivity index (χ1) is 12.0. The molecule has 1 saturated carbocycles. The fourth-order valence-electron chi connectivity index (χ4n) is 4.38. The summed E-state index contributed by atoms with van der Waals surface area (Å²) in [6.07, 6.45) is 7.69. The van der Waals surface area contributed by atoms with Gasteiger partial charge in [-0.05, 0) is 70.6 Å². The largest absolute Gasteiger partial charge is 0.397 e. The zero-order valence-corrected chi connectivity index (χ0v) is 16.3. The molecule has 2 fully saturated rings. The molecule has 0 spiro atoms. The van der Waals surface area contributed by atoms with Crippen LogP contribution < -0.4 is 11.1 Å². The summed E-state index contributed by atoms with van der Waals surface area (Å²) >= 11 is 5.99. The van der Waals surface area contributed by atoms with Crippen LogP contribution in [-0.4, -0.2) is 42.3 Å². The van der Waals surface area contributed by atoms with Crippen molar-refractivity contribution < 1.29 is 4.74 Å². The van der Waals surface area contributed by atoms with E-state index in [-0.39, 0.29) is 0 Å². The summed E-state index contributed by atoms with van der Waals surface area (Å²) < 4.78 is 5.82. The Labute approximate surface area is 157 Å². The number of nitrogens with two attached hydrogens (primary N) is 1. The van der Waals surface area contributed by atoms with Crippen LogP contribution in [0.3, 0.4) is 0 Å². The molecule has 0 bridgehead atoms. The Morgan fingerprint density at radius 3 is 2.52 bits per heavy atom. The van der Waals surface area contributed by atoms with Gasteiger partial charge in [-0.3, -0.25) is 4.90 Å². The number of rotatable bonds is 5. The molecule has 2 aliphatic rings. The molecule has 1 aliphatic heterocycles. The molecular formula is C20H32ClN3O. The first-order valence-corrected chi connectivity index (χ1v) is 10.1. The molecule has 0 unspecified atom stereocenters. The number of ether oxygens (including phenoxy) is 1. The third-order valence-electron chi connectivity index (χ3n) is 6.04. The van der Waals surface area contributed by atoms with Gasteiger partial charge in [0.15, 0.2) is 0 Å². The maximum absolute atomic E-state index is 6.07. The van der Waals surface area contributed by atoms with E-state index in [9.17, 15) is 0 Å². The van der Waals surface area contributed by atoms with E-state index in [0.29, 0.717) is 22.7 Å². The number of nitrogens with one attached hydrogen (secondary N) is 1. The Morgan fingerprint density at radius 2 is 1.92 bits per heavy atom. The highest BCUT2D eigenvalue weighted by atomic mass is 35.5. The van der Waals surface area contributed by atoms with Crippen LogP contribution >= 0.6 is 11.6 Å². The number of piperidine rings is 1. The molecule has 3 N–H and O–H groups in total. The molecular weight excluding hydrogens is 334 g/mol. The second kappa shape index (κ2) is 8.15. The predicted molar refractivity (Wildman–Crippen MR) is 106 cm³/mol. The third kappa shape index (κ3) is 4.60. The number of hydrogen-bond donors (Lipinski definition) is 2. The SMILES string of the molecule is CCO[C@H]1CC[C@](C)(N2CCC(Nc3ccc(Cl)cc3N)CC2)CC1. The normalized spacial score (nSPS) is 28.8.